The Labute approximate surface area is 122 Å². The van der Waals surface area contributed by atoms with Crippen LogP contribution in [0.4, 0.5) is 10.6 Å². The van der Waals surface area contributed by atoms with E-state index in [-0.39, 0.29) is 24.0 Å². The third-order valence-electron chi connectivity index (χ3n) is 2.81. The predicted molar refractivity (Wildman–Crippen MR) is 77.6 cm³/mol. The van der Waals surface area contributed by atoms with Crippen LogP contribution in [-0.4, -0.2) is 36.4 Å². The van der Waals surface area contributed by atoms with E-state index in [4.69, 9.17) is 5.73 Å². The summed E-state index contributed by atoms with van der Waals surface area (Å²) in [6.45, 7) is 3.34. The summed E-state index contributed by atoms with van der Waals surface area (Å²) in [6.07, 6.45) is 0. The molecule has 0 aromatic carbocycles. The van der Waals surface area contributed by atoms with Gasteiger partial charge in [-0.15, -0.1) is 0 Å². The second-order valence-corrected chi connectivity index (χ2v) is 5.04. The third-order valence-corrected chi connectivity index (χ3v) is 2.81. The molecule has 4 amide bonds. The maximum absolute atomic E-state index is 11.7. The van der Waals surface area contributed by atoms with E-state index >= 15 is 0 Å². The molecule has 0 saturated heterocycles. The summed E-state index contributed by atoms with van der Waals surface area (Å²) in [6, 6.07) is 4.13. The molecule has 0 fully saturated rings. The predicted octanol–water partition coefficient (Wildman–Crippen LogP) is 0.0742. The number of nitrogens with zero attached hydrogens (tertiary/aromatic N) is 1. The Morgan fingerprint density at radius 1 is 1.29 bits per heavy atom. The van der Waals surface area contributed by atoms with Crippen molar-refractivity contribution in [1.29, 1.82) is 0 Å². The summed E-state index contributed by atoms with van der Waals surface area (Å²) < 4.78 is 0. The van der Waals surface area contributed by atoms with E-state index in [1.807, 2.05) is 0 Å². The Morgan fingerprint density at radius 2 is 1.95 bits per heavy atom. The summed E-state index contributed by atoms with van der Waals surface area (Å²) in [7, 11) is 1.49. The minimum atomic E-state index is -0.852. The van der Waals surface area contributed by atoms with Crippen LogP contribution in [0.5, 0.6) is 0 Å². The number of nitrogens with two attached hydrogens (primary N) is 1. The number of carbonyl (C=O) groups excluding carboxylic acids is 3. The zero-order valence-electron chi connectivity index (χ0n) is 12.2. The Morgan fingerprint density at radius 3 is 2.52 bits per heavy atom. The number of hydrogen-bond donors (Lipinski definition) is 4. The maximum Gasteiger partial charge on any atom is 0.320 e. The van der Waals surface area contributed by atoms with Gasteiger partial charge in [0, 0.05) is 13.6 Å². The Hall–Kier alpha value is -2.64. The number of anilines is 1. The first-order valence-electron chi connectivity index (χ1n) is 6.30. The van der Waals surface area contributed by atoms with Crippen molar-refractivity contribution in [2.24, 2.45) is 11.1 Å². The molecule has 0 aliphatic carbocycles. The van der Waals surface area contributed by atoms with E-state index in [9.17, 15) is 14.4 Å². The van der Waals surface area contributed by atoms with Crippen molar-refractivity contribution in [1.82, 2.24) is 15.6 Å². The molecular weight excluding hydrogens is 274 g/mol. The number of carbonyl (C=O) groups is 3. The molecule has 114 valence electrons. The van der Waals surface area contributed by atoms with Gasteiger partial charge in [0.2, 0.25) is 5.91 Å². The molecular formula is C13H19N5O3. The number of hydrogen-bond acceptors (Lipinski definition) is 4. The van der Waals surface area contributed by atoms with Crippen LogP contribution in [0.25, 0.3) is 0 Å². The number of nitrogens with one attached hydrogen (secondary N) is 3. The van der Waals surface area contributed by atoms with Crippen molar-refractivity contribution >= 4 is 23.7 Å². The number of primary amides is 1. The van der Waals surface area contributed by atoms with Gasteiger partial charge in [0.05, 0.1) is 5.41 Å². The standard InChI is InChI=1S/C13H19N5O3/c1-13(2,11(14)20)7-16-12(21)18-9-6-4-5-8(17-9)10(19)15-3/h4-6H,7H2,1-3H3,(H2,14,20)(H,15,19)(H2,16,17,18,21). The molecule has 0 aliphatic rings. The molecule has 21 heavy (non-hydrogen) atoms. The fraction of sp³-hybridized carbons (Fsp3) is 0.385. The Balaban J connectivity index is 2.63. The quantitative estimate of drug-likeness (QED) is 0.613. The molecule has 0 aliphatic heterocycles. The van der Waals surface area contributed by atoms with E-state index in [0.29, 0.717) is 0 Å². The molecule has 5 N–H and O–H groups in total. The highest BCUT2D eigenvalue weighted by atomic mass is 16.2. The van der Waals surface area contributed by atoms with Gasteiger partial charge in [-0.05, 0) is 26.0 Å². The zero-order valence-corrected chi connectivity index (χ0v) is 12.2. The molecule has 0 bridgehead atoms. The van der Waals surface area contributed by atoms with E-state index < -0.39 is 17.4 Å². The van der Waals surface area contributed by atoms with Gasteiger partial charge in [-0.3, -0.25) is 14.9 Å². The highest BCUT2D eigenvalue weighted by molar-refractivity contribution is 5.93. The Kier molecular flexibility index (Phi) is 5.23. The average Bonchev–Trinajstić information content (AvgIpc) is 2.44. The van der Waals surface area contributed by atoms with Crippen LogP contribution in [0.3, 0.4) is 0 Å². The monoisotopic (exact) mass is 293 g/mol. The molecule has 1 rings (SSSR count). The van der Waals surface area contributed by atoms with Crippen LogP contribution in [0.15, 0.2) is 18.2 Å². The number of aromatic nitrogens is 1. The maximum atomic E-state index is 11.7. The van der Waals surface area contributed by atoms with Crippen molar-refractivity contribution in [3.05, 3.63) is 23.9 Å². The first-order valence-corrected chi connectivity index (χ1v) is 6.30. The lowest BCUT2D eigenvalue weighted by Crippen LogP contribution is -2.43. The largest absolute Gasteiger partial charge is 0.369 e. The number of amides is 4. The third kappa shape index (κ3) is 4.75. The van der Waals surface area contributed by atoms with Crippen LogP contribution in [0.1, 0.15) is 24.3 Å². The van der Waals surface area contributed by atoms with Gasteiger partial charge in [-0.25, -0.2) is 9.78 Å². The summed E-state index contributed by atoms with van der Waals surface area (Å²) in [4.78, 5) is 38.3. The van der Waals surface area contributed by atoms with Gasteiger partial charge in [0.15, 0.2) is 0 Å². The lowest BCUT2D eigenvalue weighted by atomic mass is 9.93. The van der Waals surface area contributed by atoms with Gasteiger partial charge in [-0.2, -0.15) is 0 Å². The van der Waals surface area contributed by atoms with Gasteiger partial charge < -0.3 is 16.4 Å². The van der Waals surface area contributed by atoms with Crippen LogP contribution in [0, 0.1) is 5.41 Å². The Bertz CT molecular complexity index is 556. The number of urea groups is 1. The number of pyridine rings is 1. The van der Waals surface area contributed by atoms with E-state index in [1.54, 1.807) is 26.0 Å². The van der Waals surface area contributed by atoms with Gasteiger partial charge in [0.1, 0.15) is 11.5 Å². The van der Waals surface area contributed by atoms with Gasteiger partial charge in [-0.1, -0.05) is 6.07 Å². The molecule has 8 nitrogen and oxygen atoms in total. The van der Waals surface area contributed by atoms with E-state index in [0.717, 1.165) is 0 Å². The van der Waals surface area contributed by atoms with Gasteiger partial charge >= 0.3 is 6.03 Å². The molecule has 0 saturated carbocycles. The summed E-state index contributed by atoms with van der Waals surface area (Å²) in [5.74, 6) is -0.637. The van der Waals surface area contributed by atoms with Gasteiger partial charge in [0.25, 0.3) is 5.91 Å². The molecule has 8 heteroatoms. The fourth-order valence-corrected chi connectivity index (χ4v) is 1.31. The van der Waals surface area contributed by atoms with Crippen molar-refractivity contribution in [3.63, 3.8) is 0 Å². The smallest absolute Gasteiger partial charge is 0.320 e. The van der Waals surface area contributed by atoms with Crippen LogP contribution in [-0.2, 0) is 4.79 Å². The molecule has 1 aromatic heterocycles. The van der Waals surface area contributed by atoms with Crippen LogP contribution < -0.4 is 21.7 Å². The molecule has 1 heterocycles. The summed E-state index contributed by atoms with van der Waals surface area (Å²) in [5, 5.41) is 7.44. The fourth-order valence-electron chi connectivity index (χ4n) is 1.31. The van der Waals surface area contributed by atoms with Crippen molar-refractivity contribution in [2.75, 3.05) is 18.9 Å². The van der Waals surface area contributed by atoms with Crippen LogP contribution >= 0.6 is 0 Å². The topological polar surface area (TPSA) is 126 Å². The minimum Gasteiger partial charge on any atom is -0.369 e. The van der Waals surface area contributed by atoms with Crippen molar-refractivity contribution in [3.8, 4) is 0 Å². The summed E-state index contributed by atoms with van der Waals surface area (Å²) >= 11 is 0. The summed E-state index contributed by atoms with van der Waals surface area (Å²) in [5.41, 5.74) is 4.55. The lowest BCUT2D eigenvalue weighted by molar-refractivity contribution is -0.125. The highest BCUT2D eigenvalue weighted by Crippen LogP contribution is 2.12. The molecule has 0 spiro atoms. The van der Waals surface area contributed by atoms with Crippen LogP contribution in [0.2, 0.25) is 0 Å². The second kappa shape index (κ2) is 6.69. The molecule has 0 atom stereocenters. The second-order valence-electron chi connectivity index (χ2n) is 5.04. The van der Waals surface area contributed by atoms with Crippen molar-refractivity contribution in [2.45, 2.75) is 13.8 Å². The van der Waals surface area contributed by atoms with E-state index in [1.165, 1.54) is 13.1 Å². The molecule has 1 aromatic rings. The first kappa shape index (κ1) is 16.4. The SMILES string of the molecule is CNC(=O)c1cccc(NC(=O)NCC(C)(C)C(N)=O)n1. The molecule has 0 radical (unpaired) electrons. The average molecular weight is 293 g/mol. The van der Waals surface area contributed by atoms with Crippen molar-refractivity contribution < 1.29 is 14.4 Å². The number of rotatable bonds is 5. The normalized spacial score (nSPS) is 10.6. The van der Waals surface area contributed by atoms with E-state index in [2.05, 4.69) is 20.9 Å². The zero-order chi connectivity index (χ0) is 16.0. The molecule has 0 unspecified atom stereocenters. The minimum absolute atomic E-state index is 0.0866. The lowest BCUT2D eigenvalue weighted by Gasteiger charge is -2.20. The highest BCUT2D eigenvalue weighted by Gasteiger charge is 2.25. The first-order chi connectivity index (χ1) is 9.76.